The van der Waals surface area contributed by atoms with Crippen LogP contribution in [0.3, 0.4) is 0 Å². The van der Waals surface area contributed by atoms with Gasteiger partial charge >= 0.3 is 6.18 Å². The van der Waals surface area contributed by atoms with Crippen LogP contribution in [0.25, 0.3) is 0 Å². The van der Waals surface area contributed by atoms with E-state index in [1.807, 2.05) is 4.90 Å². The summed E-state index contributed by atoms with van der Waals surface area (Å²) >= 11 is 1.09. The van der Waals surface area contributed by atoms with Crippen molar-refractivity contribution in [3.05, 3.63) is 15.6 Å². The Kier molecular flexibility index (Phi) is 8.59. The lowest BCUT2D eigenvalue weighted by molar-refractivity contribution is -0.141. The van der Waals surface area contributed by atoms with Crippen molar-refractivity contribution in [3.8, 4) is 0 Å². The van der Waals surface area contributed by atoms with E-state index in [9.17, 15) is 18.0 Å². The number of nitrogens with one attached hydrogen (secondary N) is 1. The molecule has 5 nitrogen and oxygen atoms in total. The van der Waals surface area contributed by atoms with Gasteiger partial charge in [0.05, 0.1) is 9.88 Å². The lowest BCUT2D eigenvalue weighted by atomic mass is 10.0. The molecular weight excluding hydrogens is 377 g/mol. The number of halogens is 4. The van der Waals surface area contributed by atoms with Crippen LogP contribution in [0.5, 0.6) is 0 Å². The summed E-state index contributed by atoms with van der Waals surface area (Å²) in [5, 5.41) is 3.24. The third-order valence-corrected chi connectivity index (χ3v) is 5.03. The van der Waals surface area contributed by atoms with Crippen LogP contribution in [0, 0.1) is 6.92 Å². The van der Waals surface area contributed by atoms with E-state index in [-0.39, 0.29) is 48.7 Å². The maximum atomic E-state index is 13.1. The molecule has 1 saturated heterocycles. The second-order valence-electron chi connectivity index (χ2n) is 5.97. The average molecular weight is 401 g/mol. The van der Waals surface area contributed by atoms with Gasteiger partial charge in [0.15, 0.2) is 5.69 Å². The summed E-state index contributed by atoms with van der Waals surface area (Å²) in [7, 11) is 0. The number of piperidine rings is 1. The summed E-state index contributed by atoms with van der Waals surface area (Å²) in [6.07, 6.45) is -1.34. The summed E-state index contributed by atoms with van der Waals surface area (Å²) in [6, 6.07) is 0.0453. The van der Waals surface area contributed by atoms with E-state index in [0.717, 1.165) is 37.1 Å². The molecule has 0 bridgehead atoms. The number of carbonyl (C=O) groups is 1. The molecule has 1 aromatic heterocycles. The van der Waals surface area contributed by atoms with Crippen molar-refractivity contribution in [2.45, 2.75) is 51.4 Å². The first-order valence-corrected chi connectivity index (χ1v) is 8.87. The molecule has 25 heavy (non-hydrogen) atoms. The van der Waals surface area contributed by atoms with Crippen molar-refractivity contribution < 1.29 is 18.0 Å². The molecule has 1 aliphatic heterocycles. The molecule has 2 heterocycles. The van der Waals surface area contributed by atoms with Crippen LogP contribution < -0.4 is 11.1 Å². The molecule has 0 radical (unpaired) electrons. The Morgan fingerprint density at radius 3 is 2.80 bits per heavy atom. The van der Waals surface area contributed by atoms with Crippen molar-refractivity contribution >= 4 is 29.7 Å². The molecule has 1 atom stereocenters. The molecule has 0 aliphatic carbocycles. The van der Waals surface area contributed by atoms with Gasteiger partial charge in [-0.1, -0.05) is 6.42 Å². The highest BCUT2D eigenvalue weighted by Gasteiger charge is 2.38. The fourth-order valence-electron chi connectivity index (χ4n) is 2.93. The fourth-order valence-corrected chi connectivity index (χ4v) is 3.91. The van der Waals surface area contributed by atoms with E-state index in [4.69, 9.17) is 5.73 Å². The van der Waals surface area contributed by atoms with Crippen LogP contribution in [0.2, 0.25) is 0 Å². The molecule has 144 valence electrons. The van der Waals surface area contributed by atoms with Gasteiger partial charge in [-0.15, -0.1) is 23.7 Å². The van der Waals surface area contributed by atoms with Gasteiger partial charge in [-0.3, -0.25) is 9.69 Å². The number of nitrogens with zero attached hydrogens (tertiary/aromatic N) is 2. The van der Waals surface area contributed by atoms with E-state index in [0.29, 0.717) is 11.6 Å². The molecule has 1 aromatic rings. The summed E-state index contributed by atoms with van der Waals surface area (Å²) in [4.78, 5) is 17.5. The first kappa shape index (κ1) is 22.1. The molecule has 3 N–H and O–H groups in total. The molecule has 0 saturated carbocycles. The first-order chi connectivity index (χ1) is 11.3. The summed E-state index contributed by atoms with van der Waals surface area (Å²) in [6.45, 7) is 3.26. The zero-order valence-corrected chi connectivity index (χ0v) is 15.7. The van der Waals surface area contributed by atoms with Crippen molar-refractivity contribution in [1.82, 2.24) is 15.2 Å². The van der Waals surface area contributed by atoms with E-state index in [2.05, 4.69) is 10.3 Å². The Labute approximate surface area is 155 Å². The molecule has 1 fully saturated rings. The number of carbonyl (C=O) groups excluding carboxylic acids is 1. The van der Waals surface area contributed by atoms with Crippen molar-refractivity contribution in [1.29, 1.82) is 0 Å². The third-order valence-electron chi connectivity index (χ3n) is 4.07. The van der Waals surface area contributed by atoms with E-state index in [1.165, 1.54) is 0 Å². The second-order valence-corrected chi connectivity index (χ2v) is 7.25. The number of alkyl halides is 3. The van der Waals surface area contributed by atoms with Crippen LogP contribution in [0.1, 0.15) is 41.3 Å². The van der Waals surface area contributed by atoms with E-state index >= 15 is 0 Å². The van der Waals surface area contributed by atoms with Gasteiger partial charge in [-0.2, -0.15) is 13.2 Å². The number of aromatic nitrogens is 1. The topological polar surface area (TPSA) is 71.2 Å². The number of amides is 1. The largest absolute Gasteiger partial charge is 0.434 e. The minimum atomic E-state index is -4.43. The number of rotatable bonds is 6. The Hall–Kier alpha value is -0.900. The maximum Gasteiger partial charge on any atom is 0.434 e. The number of hydrogen-bond acceptors (Lipinski definition) is 5. The number of thiazole rings is 1. The first-order valence-electron chi connectivity index (χ1n) is 8.05. The second kappa shape index (κ2) is 9.70. The number of nitrogens with two attached hydrogens (primary N) is 1. The predicted molar refractivity (Wildman–Crippen MR) is 93.8 cm³/mol. The number of aryl methyl sites for hydroxylation is 1. The SMILES string of the molecule is Cc1nc(C(F)(F)F)c(CN2CCCCC2CNC(=O)CCN)s1.Cl. The minimum absolute atomic E-state index is 0. The highest BCUT2D eigenvalue weighted by molar-refractivity contribution is 7.11. The van der Waals surface area contributed by atoms with Crippen LogP contribution in [-0.4, -0.2) is 41.5 Å². The van der Waals surface area contributed by atoms with Gasteiger partial charge < -0.3 is 11.1 Å². The maximum absolute atomic E-state index is 13.1. The normalized spacial score (nSPS) is 18.7. The van der Waals surface area contributed by atoms with Crippen LogP contribution in [0.4, 0.5) is 13.2 Å². The molecule has 1 unspecified atom stereocenters. The van der Waals surface area contributed by atoms with Gasteiger partial charge in [0.2, 0.25) is 5.91 Å². The molecular formula is C15H24ClF3N4OS. The highest BCUT2D eigenvalue weighted by Crippen LogP contribution is 2.35. The van der Waals surface area contributed by atoms with Crippen molar-refractivity contribution in [2.75, 3.05) is 19.6 Å². The third kappa shape index (κ3) is 6.40. The Bertz CT molecular complexity index is 567. The standard InChI is InChI=1S/C15H23F3N4OS.ClH/c1-10-21-14(15(16,17)18)12(24-10)9-22-7-3-2-4-11(22)8-20-13(23)5-6-19;/h11H,2-9,19H2,1H3,(H,20,23);1H. The molecule has 10 heteroatoms. The highest BCUT2D eigenvalue weighted by atomic mass is 35.5. The Morgan fingerprint density at radius 1 is 1.44 bits per heavy atom. The Morgan fingerprint density at radius 2 is 2.16 bits per heavy atom. The van der Waals surface area contributed by atoms with Crippen molar-refractivity contribution in [3.63, 3.8) is 0 Å². The van der Waals surface area contributed by atoms with Gasteiger partial charge in [0, 0.05) is 32.1 Å². The van der Waals surface area contributed by atoms with Crippen LogP contribution in [0.15, 0.2) is 0 Å². The molecule has 0 aromatic carbocycles. The quantitative estimate of drug-likeness (QED) is 0.770. The zero-order valence-electron chi connectivity index (χ0n) is 14.1. The monoisotopic (exact) mass is 400 g/mol. The summed E-state index contributed by atoms with van der Waals surface area (Å²) < 4.78 is 39.3. The lowest BCUT2D eigenvalue weighted by Gasteiger charge is -2.35. The van der Waals surface area contributed by atoms with Gasteiger partial charge in [0.1, 0.15) is 0 Å². The van der Waals surface area contributed by atoms with Gasteiger partial charge in [0.25, 0.3) is 0 Å². The van der Waals surface area contributed by atoms with Crippen molar-refractivity contribution in [2.24, 2.45) is 5.73 Å². The van der Waals surface area contributed by atoms with Gasteiger partial charge in [-0.25, -0.2) is 4.98 Å². The average Bonchev–Trinajstić information content (AvgIpc) is 2.87. The minimum Gasteiger partial charge on any atom is -0.354 e. The van der Waals surface area contributed by atoms with E-state index < -0.39 is 11.9 Å². The molecule has 2 rings (SSSR count). The zero-order chi connectivity index (χ0) is 17.7. The lowest BCUT2D eigenvalue weighted by Crippen LogP contribution is -2.46. The number of likely N-dealkylation sites (tertiary alicyclic amines) is 1. The van der Waals surface area contributed by atoms with E-state index in [1.54, 1.807) is 6.92 Å². The molecule has 1 amide bonds. The Balaban J connectivity index is 0.00000312. The summed E-state index contributed by atoms with van der Waals surface area (Å²) in [5.74, 6) is -0.118. The number of hydrogen-bond donors (Lipinski definition) is 2. The van der Waals surface area contributed by atoms with Gasteiger partial charge in [-0.05, 0) is 26.3 Å². The predicted octanol–water partition coefficient (Wildman–Crippen LogP) is 2.71. The fraction of sp³-hybridized carbons (Fsp3) is 0.733. The molecule has 1 aliphatic rings. The van der Waals surface area contributed by atoms with Crippen LogP contribution >= 0.6 is 23.7 Å². The molecule has 0 spiro atoms. The van der Waals surface area contributed by atoms with Crippen LogP contribution in [-0.2, 0) is 17.5 Å². The smallest absolute Gasteiger partial charge is 0.354 e. The summed E-state index contributed by atoms with van der Waals surface area (Å²) in [5.41, 5.74) is 4.57.